The van der Waals surface area contributed by atoms with E-state index in [0.29, 0.717) is 0 Å². The zero-order chi connectivity index (χ0) is 13.2. The second-order valence-electron chi connectivity index (χ2n) is 4.43. The molecule has 0 atom stereocenters. The number of unbranched alkanes of at least 4 members (excludes halogenated alkanes) is 3. The molecule has 0 radical (unpaired) electrons. The van der Waals surface area contributed by atoms with Crippen LogP contribution in [0.3, 0.4) is 0 Å². The molecule has 0 amide bonds. The lowest BCUT2D eigenvalue weighted by atomic mass is 10.2. The molecule has 1 heterocycles. The molecule has 2 N–H and O–H groups in total. The molecule has 1 aromatic heterocycles. The van der Waals surface area contributed by atoms with Crippen LogP contribution < -0.4 is 10.6 Å². The topological polar surface area (TPSA) is 49.8 Å². The van der Waals surface area contributed by atoms with E-state index in [0.717, 1.165) is 37.0 Å². The monoisotopic (exact) mass is 250 g/mol. The zero-order valence-corrected chi connectivity index (χ0v) is 11.9. The fraction of sp³-hybridized carbons (Fsp3) is 0.714. The molecule has 1 aromatic rings. The number of hydrogen-bond donors (Lipinski definition) is 2. The summed E-state index contributed by atoms with van der Waals surface area (Å²) in [5, 5.41) is 6.63. The van der Waals surface area contributed by atoms with Crippen LogP contribution in [0.2, 0.25) is 0 Å². The summed E-state index contributed by atoms with van der Waals surface area (Å²) in [5.74, 6) is 2.75. The number of anilines is 2. The van der Waals surface area contributed by atoms with Gasteiger partial charge in [-0.15, -0.1) is 0 Å². The average molecular weight is 250 g/mol. The number of nitrogens with zero attached hydrogens (tertiary/aromatic N) is 2. The maximum atomic E-state index is 4.49. The van der Waals surface area contributed by atoms with Gasteiger partial charge in [0.05, 0.1) is 0 Å². The Morgan fingerprint density at radius 3 is 2.28 bits per heavy atom. The van der Waals surface area contributed by atoms with Crippen molar-refractivity contribution in [2.24, 2.45) is 0 Å². The number of rotatable bonds is 9. The molecule has 0 saturated carbocycles. The first-order valence-corrected chi connectivity index (χ1v) is 7.15. The summed E-state index contributed by atoms with van der Waals surface area (Å²) in [4.78, 5) is 8.93. The largest absolute Gasteiger partial charge is 0.370 e. The SMILES string of the molecule is CCCCCCNc1cc(NCC)nc(CC)n1. The highest BCUT2D eigenvalue weighted by atomic mass is 15.1. The van der Waals surface area contributed by atoms with Crippen LogP contribution in [0.15, 0.2) is 6.07 Å². The summed E-state index contributed by atoms with van der Waals surface area (Å²) in [5.41, 5.74) is 0. The van der Waals surface area contributed by atoms with E-state index in [9.17, 15) is 0 Å². The molecule has 4 heteroatoms. The second-order valence-corrected chi connectivity index (χ2v) is 4.43. The van der Waals surface area contributed by atoms with Crippen molar-refractivity contribution in [1.29, 1.82) is 0 Å². The first-order valence-electron chi connectivity index (χ1n) is 7.15. The third-order valence-electron chi connectivity index (χ3n) is 2.78. The summed E-state index contributed by atoms with van der Waals surface area (Å²) in [6.07, 6.45) is 5.95. The van der Waals surface area contributed by atoms with Crippen LogP contribution in [0.5, 0.6) is 0 Å². The van der Waals surface area contributed by atoms with Gasteiger partial charge in [0.1, 0.15) is 17.5 Å². The van der Waals surface area contributed by atoms with E-state index in [2.05, 4.69) is 41.4 Å². The predicted molar refractivity (Wildman–Crippen MR) is 78.2 cm³/mol. The van der Waals surface area contributed by atoms with Crippen LogP contribution in [0.1, 0.15) is 52.3 Å². The minimum Gasteiger partial charge on any atom is -0.370 e. The van der Waals surface area contributed by atoms with Gasteiger partial charge in [0.25, 0.3) is 0 Å². The molecule has 0 saturated heterocycles. The highest BCUT2D eigenvalue weighted by molar-refractivity contribution is 5.47. The second kappa shape index (κ2) is 8.72. The quantitative estimate of drug-likeness (QED) is 0.659. The van der Waals surface area contributed by atoms with Crippen molar-refractivity contribution in [3.05, 3.63) is 11.9 Å². The fourth-order valence-electron chi connectivity index (χ4n) is 1.79. The Bertz CT molecular complexity index is 339. The van der Waals surface area contributed by atoms with Crippen LogP contribution in [0.25, 0.3) is 0 Å². The van der Waals surface area contributed by atoms with E-state index in [-0.39, 0.29) is 0 Å². The van der Waals surface area contributed by atoms with Gasteiger partial charge in [-0.25, -0.2) is 9.97 Å². The Morgan fingerprint density at radius 1 is 0.944 bits per heavy atom. The third-order valence-corrected chi connectivity index (χ3v) is 2.78. The van der Waals surface area contributed by atoms with Crippen molar-refractivity contribution < 1.29 is 0 Å². The Kier molecular flexibility index (Phi) is 7.14. The van der Waals surface area contributed by atoms with Crippen molar-refractivity contribution in [3.63, 3.8) is 0 Å². The van der Waals surface area contributed by atoms with Crippen LogP contribution in [0, 0.1) is 0 Å². The van der Waals surface area contributed by atoms with Crippen molar-refractivity contribution >= 4 is 11.6 Å². The lowest BCUT2D eigenvalue weighted by Gasteiger charge is -2.09. The zero-order valence-electron chi connectivity index (χ0n) is 11.9. The summed E-state index contributed by atoms with van der Waals surface area (Å²) in [6, 6.07) is 1.99. The Labute approximate surface area is 111 Å². The van der Waals surface area contributed by atoms with Gasteiger partial charge < -0.3 is 10.6 Å². The molecule has 0 unspecified atom stereocenters. The summed E-state index contributed by atoms with van der Waals surface area (Å²) >= 11 is 0. The van der Waals surface area contributed by atoms with Gasteiger partial charge in [0.15, 0.2) is 0 Å². The standard InChI is InChI=1S/C14H26N4/c1-4-7-8-9-10-16-14-11-13(15-6-3)17-12(5-2)18-14/h11H,4-10H2,1-3H3,(H2,15,16,17,18). The number of aromatic nitrogens is 2. The van der Waals surface area contributed by atoms with E-state index >= 15 is 0 Å². The predicted octanol–water partition coefficient (Wildman–Crippen LogP) is 3.46. The van der Waals surface area contributed by atoms with E-state index in [1.54, 1.807) is 0 Å². The molecule has 18 heavy (non-hydrogen) atoms. The minimum atomic E-state index is 0.865. The van der Waals surface area contributed by atoms with Crippen molar-refractivity contribution in [2.45, 2.75) is 52.9 Å². The van der Waals surface area contributed by atoms with E-state index in [4.69, 9.17) is 0 Å². The van der Waals surface area contributed by atoms with Gasteiger partial charge in [-0.3, -0.25) is 0 Å². The Balaban J connectivity index is 2.50. The van der Waals surface area contributed by atoms with Crippen molar-refractivity contribution in [2.75, 3.05) is 23.7 Å². The normalized spacial score (nSPS) is 10.4. The van der Waals surface area contributed by atoms with Crippen LogP contribution in [0.4, 0.5) is 11.6 Å². The summed E-state index contributed by atoms with van der Waals surface area (Å²) in [7, 11) is 0. The fourth-order valence-corrected chi connectivity index (χ4v) is 1.79. The van der Waals surface area contributed by atoms with Crippen LogP contribution >= 0.6 is 0 Å². The minimum absolute atomic E-state index is 0.865. The molecule has 0 aliphatic rings. The maximum Gasteiger partial charge on any atom is 0.132 e. The van der Waals surface area contributed by atoms with Gasteiger partial charge in [-0.1, -0.05) is 33.1 Å². The molecule has 0 fully saturated rings. The highest BCUT2D eigenvalue weighted by Crippen LogP contribution is 2.12. The maximum absolute atomic E-state index is 4.49. The Morgan fingerprint density at radius 2 is 1.67 bits per heavy atom. The third kappa shape index (κ3) is 5.34. The van der Waals surface area contributed by atoms with E-state index < -0.39 is 0 Å². The average Bonchev–Trinajstić information content (AvgIpc) is 2.38. The molecule has 0 bridgehead atoms. The van der Waals surface area contributed by atoms with Gasteiger partial charge >= 0.3 is 0 Å². The molecule has 0 aromatic carbocycles. The van der Waals surface area contributed by atoms with Crippen molar-refractivity contribution in [3.8, 4) is 0 Å². The van der Waals surface area contributed by atoms with Gasteiger partial charge in [-0.05, 0) is 13.3 Å². The van der Waals surface area contributed by atoms with Gasteiger partial charge in [-0.2, -0.15) is 0 Å². The smallest absolute Gasteiger partial charge is 0.132 e. The first-order chi connectivity index (χ1) is 8.80. The molecule has 4 nitrogen and oxygen atoms in total. The van der Waals surface area contributed by atoms with E-state index in [1.165, 1.54) is 25.7 Å². The molecular weight excluding hydrogens is 224 g/mol. The molecular formula is C14H26N4. The Hall–Kier alpha value is -1.32. The summed E-state index contributed by atoms with van der Waals surface area (Å²) < 4.78 is 0. The molecule has 0 spiro atoms. The number of aryl methyl sites for hydroxylation is 1. The molecule has 0 aliphatic carbocycles. The first kappa shape index (κ1) is 14.7. The number of hydrogen-bond acceptors (Lipinski definition) is 4. The van der Waals surface area contributed by atoms with Crippen LogP contribution in [-0.4, -0.2) is 23.1 Å². The van der Waals surface area contributed by atoms with Gasteiger partial charge in [0, 0.05) is 25.6 Å². The van der Waals surface area contributed by atoms with Gasteiger partial charge in [0.2, 0.25) is 0 Å². The van der Waals surface area contributed by atoms with Crippen LogP contribution in [-0.2, 0) is 6.42 Å². The lowest BCUT2D eigenvalue weighted by Crippen LogP contribution is -2.08. The molecule has 1 rings (SSSR count). The summed E-state index contributed by atoms with van der Waals surface area (Å²) in [6.45, 7) is 8.26. The highest BCUT2D eigenvalue weighted by Gasteiger charge is 2.02. The molecule has 0 aliphatic heterocycles. The van der Waals surface area contributed by atoms with E-state index in [1.807, 2.05) is 6.07 Å². The number of nitrogens with one attached hydrogen (secondary N) is 2. The molecule has 102 valence electrons. The van der Waals surface area contributed by atoms with Crippen molar-refractivity contribution in [1.82, 2.24) is 9.97 Å². The lowest BCUT2D eigenvalue weighted by molar-refractivity contribution is 0.684.